The molecule has 5 heteroatoms. The summed E-state index contributed by atoms with van der Waals surface area (Å²) in [5, 5.41) is 12.7. The summed E-state index contributed by atoms with van der Waals surface area (Å²) in [6.07, 6.45) is 1.12. The smallest absolute Gasteiger partial charge is 0.258 e. The highest BCUT2D eigenvalue weighted by Gasteiger charge is 2.12. The molecule has 0 fully saturated rings. The van der Waals surface area contributed by atoms with Gasteiger partial charge in [0.15, 0.2) is 6.61 Å². The van der Waals surface area contributed by atoms with Crippen molar-refractivity contribution in [2.45, 2.75) is 13.0 Å². The zero-order chi connectivity index (χ0) is 15.2. The van der Waals surface area contributed by atoms with Crippen LogP contribution < -0.4 is 10.1 Å². The quantitative estimate of drug-likeness (QED) is 0.848. The van der Waals surface area contributed by atoms with Gasteiger partial charge in [-0.2, -0.15) is 0 Å². The monoisotopic (exact) mass is 288 g/mol. The number of aromatic nitrogens is 1. The number of carbonyl (C=O) groups is 1. The second-order valence-corrected chi connectivity index (χ2v) is 4.92. The van der Waals surface area contributed by atoms with Crippen LogP contribution in [0.15, 0.2) is 42.6 Å². The molecule has 2 rings (SSSR count). The molecule has 0 saturated carbocycles. The Balaban J connectivity index is 1.78. The summed E-state index contributed by atoms with van der Waals surface area (Å²) in [6.45, 7) is 2.02. The number of para-hydroxylation sites is 1. The molecule has 1 heterocycles. The van der Waals surface area contributed by atoms with E-state index in [1.165, 1.54) is 0 Å². The van der Waals surface area contributed by atoms with Crippen molar-refractivity contribution in [3.8, 4) is 5.75 Å². The average Bonchev–Trinajstić information content (AvgIpc) is 2.90. The zero-order valence-electron chi connectivity index (χ0n) is 12.2. The van der Waals surface area contributed by atoms with Gasteiger partial charge in [-0.15, -0.1) is 0 Å². The van der Waals surface area contributed by atoms with E-state index in [0.717, 1.165) is 11.3 Å². The second kappa shape index (κ2) is 6.95. The van der Waals surface area contributed by atoms with Crippen molar-refractivity contribution >= 4 is 5.91 Å². The third kappa shape index (κ3) is 4.10. The molecule has 21 heavy (non-hydrogen) atoms. The van der Waals surface area contributed by atoms with Gasteiger partial charge >= 0.3 is 0 Å². The number of aryl methyl sites for hydroxylation is 2. The number of rotatable bonds is 6. The van der Waals surface area contributed by atoms with Crippen LogP contribution in [-0.2, 0) is 11.8 Å². The summed E-state index contributed by atoms with van der Waals surface area (Å²) in [6, 6.07) is 11.2. The third-order valence-corrected chi connectivity index (χ3v) is 3.27. The number of ether oxygens (including phenoxy) is 1. The van der Waals surface area contributed by atoms with Crippen molar-refractivity contribution in [1.82, 2.24) is 9.88 Å². The maximum absolute atomic E-state index is 11.7. The molecule has 0 aliphatic rings. The molecule has 2 N–H and O–H groups in total. The molecule has 2 aromatic rings. The van der Waals surface area contributed by atoms with Gasteiger partial charge in [0.25, 0.3) is 5.91 Å². The lowest BCUT2D eigenvalue weighted by atomic mass is 10.2. The van der Waals surface area contributed by atoms with E-state index in [1.807, 2.05) is 61.1 Å². The van der Waals surface area contributed by atoms with Crippen LogP contribution in [0.1, 0.15) is 17.4 Å². The maximum Gasteiger partial charge on any atom is 0.258 e. The zero-order valence-corrected chi connectivity index (χ0v) is 12.2. The molecular weight excluding hydrogens is 268 g/mol. The molecule has 0 radical (unpaired) electrons. The van der Waals surface area contributed by atoms with E-state index >= 15 is 0 Å². The number of benzene rings is 1. The van der Waals surface area contributed by atoms with Crippen LogP contribution in [0.2, 0.25) is 0 Å². The van der Waals surface area contributed by atoms with E-state index in [0.29, 0.717) is 5.75 Å². The third-order valence-electron chi connectivity index (χ3n) is 3.27. The Hall–Kier alpha value is -2.27. The minimum absolute atomic E-state index is 0.0648. The number of carbonyl (C=O) groups excluding carboxylic acids is 1. The van der Waals surface area contributed by atoms with Crippen LogP contribution >= 0.6 is 0 Å². The summed E-state index contributed by atoms with van der Waals surface area (Å²) < 4.78 is 7.27. The topological polar surface area (TPSA) is 63.5 Å². The fraction of sp³-hybridized carbons (Fsp3) is 0.312. The van der Waals surface area contributed by atoms with E-state index in [1.54, 1.807) is 0 Å². The number of nitrogens with one attached hydrogen (secondary N) is 1. The summed E-state index contributed by atoms with van der Waals surface area (Å²) in [7, 11) is 1.85. The molecule has 1 aromatic carbocycles. The molecule has 1 atom stereocenters. The van der Waals surface area contributed by atoms with Gasteiger partial charge in [-0.05, 0) is 30.7 Å². The van der Waals surface area contributed by atoms with Crippen molar-refractivity contribution in [2.24, 2.45) is 7.05 Å². The molecule has 0 aliphatic carbocycles. The fourth-order valence-corrected chi connectivity index (χ4v) is 2.05. The van der Waals surface area contributed by atoms with Crippen LogP contribution in [-0.4, -0.2) is 28.7 Å². The lowest BCUT2D eigenvalue weighted by Gasteiger charge is -2.14. The first-order valence-electron chi connectivity index (χ1n) is 6.82. The fourth-order valence-electron chi connectivity index (χ4n) is 2.05. The lowest BCUT2D eigenvalue weighted by molar-refractivity contribution is -0.123. The first kappa shape index (κ1) is 15.1. The number of nitrogens with zero attached hydrogens (tertiary/aromatic N) is 1. The predicted octanol–water partition coefficient (Wildman–Crippen LogP) is 1.56. The van der Waals surface area contributed by atoms with Crippen LogP contribution in [0.3, 0.4) is 0 Å². The summed E-state index contributed by atoms with van der Waals surface area (Å²) >= 11 is 0. The van der Waals surface area contributed by atoms with E-state index < -0.39 is 6.10 Å². The van der Waals surface area contributed by atoms with Crippen LogP contribution in [0, 0.1) is 6.92 Å². The van der Waals surface area contributed by atoms with E-state index in [9.17, 15) is 9.90 Å². The van der Waals surface area contributed by atoms with Crippen LogP contribution in [0.4, 0.5) is 0 Å². The van der Waals surface area contributed by atoms with Gasteiger partial charge < -0.3 is 19.7 Å². The Morgan fingerprint density at radius 2 is 2.10 bits per heavy atom. The average molecular weight is 288 g/mol. The Labute approximate surface area is 124 Å². The standard InChI is InChI=1S/C16H20N2O3/c1-12-6-3-4-8-15(12)21-11-16(20)17-10-14(19)13-7-5-9-18(13)2/h3-9,14,19H,10-11H2,1-2H3,(H,17,20)/t14-/m0/s1. The van der Waals surface area contributed by atoms with Crippen molar-refractivity contribution in [3.05, 3.63) is 53.9 Å². The number of hydrogen-bond acceptors (Lipinski definition) is 3. The minimum Gasteiger partial charge on any atom is -0.484 e. The Kier molecular flexibility index (Phi) is 5.00. The summed E-state index contributed by atoms with van der Waals surface area (Å²) in [5.74, 6) is 0.433. The van der Waals surface area contributed by atoms with Gasteiger partial charge in [0, 0.05) is 25.5 Å². The van der Waals surface area contributed by atoms with Gasteiger partial charge in [0.1, 0.15) is 11.9 Å². The normalized spacial score (nSPS) is 12.0. The first-order valence-corrected chi connectivity index (χ1v) is 6.82. The second-order valence-electron chi connectivity index (χ2n) is 4.92. The van der Waals surface area contributed by atoms with E-state index in [2.05, 4.69) is 5.32 Å². The van der Waals surface area contributed by atoms with Crippen molar-refractivity contribution in [2.75, 3.05) is 13.2 Å². The van der Waals surface area contributed by atoms with E-state index in [4.69, 9.17) is 4.74 Å². The van der Waals surface area contributed by atoms with Gasteiger partial charge in [0.2, 0.25) is 0 Å². The maximum atomic E-state index is 11.7. The first-order chi connectivity index (χ1) is 10.1. The van der Waals surface area contributed by atoms with Crippen molar-refractivity contribution in [3.63, 3.8) is 0 Å². The Bertz CT molecular complexity index is 607. The number of aliphatic hydroxyl groups excluding tert-OH is 1. The highest BCUT2D eigenvalue weighted by molar-refractivity contribution is 5.77. The van der Waals surface area contributed by atoms with Gasteiger partial charge in [-0.25, -0.2) is 0 Å². The minimum atomic E-state index is -0.729. The molecule has 112 valence electrons. The molecule has 0 unspecified atom stereocenters. The Morgan fingerprint density at radius 1 is 1.33 bits per heavy atom. The van der Waals surface area contributed by atoms with Gasteiger partial charge in [-0.1, -0.05) is 18.2 Å². The van der Waals surface area contributed by atoms with Gasteiger partial charge in [0.05, 0.1) is 0 Å². The van der Waals surface area contributed by atoms with Crippen LogP contribution in [0.25, 0.3) is 0 Å². The number of aliphatic hydroxyl groups is 1. The van der Waals surface area contributed by atoms with Gasteiger partial charge in [-0.3, -0.25) is 4.79 Å². The van der Waals surface area contributed by atoms with Crippen molar-refractivity contribution in [1.29, 1.82) is 0 Å². The molecule has 0 saturated heterocycles. The highest BCUT2D eigenvalue weighted by atomic mass is 16.5. The van der Waals surface area contributed by atoms with Crippen molar-refractivity contribution < 1.29 is 14.6 Å². The number of amides is 1. The summed E-state index contributed by atoms with van der Waals surface area (Å²) in [5.41, 5.74) is 1.74. The molecule has 0 bridgehead atoms. The van der Waals surface area contributed by atoms with E-state index in [-0.39, 0.29) is 19.1 Å². The predicted molar refractivity (Wildman–Crippen MR) is 80.1 cm³/mol. The van der Waals surface area contributed by atoms with Crippen LogP contribution in [0.5, 0.6) is 5.75 Å². The highest BCUT2D eigenvalue weighted by Crippen LogP contribution is 2.16. The molecule has 1 amide bonds. The molecule has 0 aliphatic heterocycles. The summed E-state index contributed by atoms with van der Waals surface area (Å²) in [4.78, 5) is 11.7. The molecule has 1 aromatic heterocycles. The number of hydrogen-bond donors (Lipinski definition) is 2. The Morgan fingerprint density at radius 3 is 2.76 bits per heavy atom. The largest absolute Gasteiger partial charge is 0.484 e. The molecular formula is C16H20N2O3. The molecule has 0 spiro atoms. The lowest BCUT2D eigenvalue weighted by Crippen LogP contribution is -2.32. The molecule has 5 nitrogen and oxygen atoms in total. The SMILES string of the molecule is Cc1ccccc1OCC(=O)NC[C@H](O)c1cccn1C.